The standard InChI is InChI=1S/C12H9N3O.C8H13NO2/c16-11-4-2-1-3-9(11)10-7-8-5-6-13-12(8)15-14-10;1-3-8(10)9-4-5-11-6-7(9)2/h1-7,16H,(H,13,15);3,7H,1,4-6H2,2H3. The second-order valence-electron chi connectivity index (χ2n) is 6.19. The highest BCUT2D eigenvalue weighted by molar-refractivity contribution is 5.87. The molecule has 3 aromatic rings. The molecule has 1 unspecified atom stereocenters. The van der Waals surface area contributed by atoms with Gasteiger partial charge in [-0.1, -0.05) is 18.7 Å². The Balaban J connectivity index is 0.000000168. The van der Waals surface area contributed by atoms with Crippen LogP contribution in [-0.4, -0.2) is 56.9 Å². The largest absolute Gasteiger partial charge is 0.507 e. The van der Waals surface area contributed by atoms with Crippen molar-refractivity contribution < 1.29 is 14.6 Å². The van der Waals surface area contributed by atoms with E-state index in [9.17, 15) is 9.90 Å². The molecule has 1 aliphatic rings. The third kappa shape index (κ3) is 4.32. The van der Waals surface area contributed by atoms with Gasteiger partial charge in [-0.3, -0.25) is 4.79 Å². The number of aromatic amines is 1. The maximum absolute atomic E-state index is 11.1. The molecule has 1 aromatic carbocycles. The van der Waals surface area contributed by atoms with Crippen LogP contribution in [0.25, 0.3) is 22.3 Å². The SMILES string of the molecule is C=CC(=O)N1CCOCC1C.Oc1ccccc1-c1cc2cc[nH]c2nn1. The highest BCUT2D eigenvalue weighted by Gasteiger charge is 2.21. The molecule has 140 valence electrons. The van der Waals surface area contributed by atoms with Gasteiger partial charge in [-0.2, -0.15) is 0 Å². The van der Waals surface area contributed by atoms with Crippen LogP contribution in [0.15, 0.2) is 55.3 Å². The second-order valence-corrected chi connectivity index (χ2v) is 6.19. The van der Waals surface area contributed by atoms with Gasteiger partial charge >= 0.3 is 0 Å². The van der Waals surface area contributed by atoms with Crippen LogP contribution < -0.4 is 0 Å². The van der Waals surface area contributed by atoms with Gasteiger partial charge in [0.25, 0.3) is 0 Å². The Morgan fingerprint density at radius 2 is 2.19 bits per heavy atom. The van der Waals surface area contributed by atoms with Crippen LogP contribution in [0.2, 0.25) is 0 Å². The molecule has 1 fully saturated rings. The van der Waals surface area contributed by atoms with E-state index in [2.05, 4.69) is 21.8 Å². The van der Waals surface area contributed by atoms with Crippen molar-refractivity contribution in [3.05, 3.63) is 55.3 Å². The number of morpholine rings is 1. The number of para-hydroxylation sites is 1. The average molecular weight is 366 g/mol. The number of hydrogen-bond acceptors (Lipinski definition) is 5. The maximum Gasteiger partial charge on any atom is 0.246 e. The summed E-state index contributed by atoms with van der Waals surface area (Å²) in [7, 11) is 0. The summed E-state index contributed by atoms with van der Waals surface area (Å²) < 4.78 is 5.18. The van der Waals surface area contributed by atoms with Crippen LogP contribution in [0, 0.1) is 0 Å². The fraction of sp³-hybridized carbons (Fsp3) is 0.250. The number of carbonyl (C=O) groups excluding carboxylic acids is 1. The Kier molecular flexibility index (Phi) is 5.83. The molecule has 0 aliphatic carbocycles. The fourth-order valence-electron chi connectivity index (χ4n) is 2.85. The molecule has 7 nitrogen and oxygen atoms in total. The van der Waals surface area contributed by atoms with Gasteiger partial charge in [0.05, 0.1) is 24.9 Å². The van der Waals surface area contributed by atoms with E-state index in [1.54, 1.807) is 17.0 Å². The highest BCUT2D eigenvalue weighted by Crippen LogP contribution is 2.27. The Bertz CT molecular complexity index is 938. The predicted octanol–water partition coefficient (Wildman–Crippen LogP) is 2.75. The van der Waals surface area contributed by atoms with E-state index < -0.39 is 0 Å². The summed E-state index contributed by atoms with van der Waals surface area (Å²) in [5, 5.41) is 18.8. The van der Waals surface area contributed by atoms with Crippen molar-refractivity contribution >= 4 is 16.9 Å². The summed E-state index contributed by atoms with van der Waals surface area (Å²) in [4.78, 5) is 15.9. The number of ether oxygens (including phenoxy) is 1. The van der Waals surface area contributed by atoms with Crippen molar-refractivity contribution in [2.24, 2.45) is 0 Å². The summed E-state index contributed by atoms with van der Waals surface area (Å²) in [5.74, 6) is 0.215. The van der Waals surface area contributed by atoms with Crippen LogP contribution in [0.3, 0.4) is 0 Å². The lowest BCUT2D eigenvalue weighted by molar-refractivity contribution is -0.133. The molecule has 7 heteroatoms. The van der Waals surface area contributed by atoms with Gasteiger partial charge in [-0.25, -0.2) is 0 Å². The highest BCUT2D eigenvalue weighted by atomic mass is 16.5. The molecule has 1 atom stereocenters. The van der Waals surface area contributed by atoms with Gasteiger partial charge in [0.2, 0.25) is 5.91 Å². The molecule has 3 heterocycles. The minimum Gasteiger partial charge on any atom is -0.507 e. The zero-order chi connectivity index (χ0) is 19.2. The summed E-state index contributed by atoms with van der Waals surface area (Å²) in [6, 6.07) is 11.1. The Labute approximate surface area is 157 Å². The fourth-order valence-corrected chi connectivity index (χ4v) is 2.85. The third-order valence-electron chi connectivity index (χ3n) is 4.31. The zero-order valence-electron chi connectivity index (χ0n) is 15.1. The molecule has 4 rings (SSSR count). The predicted molar refractivity (Wildman–Crippen MR) is 103 cm³/mol. The number of aromatic nitrogens is 3. The van der Waals surface area contributed by atoms with Crippen LogP contribution in [0.5, 0.6) is 5.75 Å². The van der Waals surface area contributed by atoms with Crippen molar-refractivity contribution in [1.82, 2.24) is 20.1 Å². The number of phenols is 1. The maximum atomic E-state index is 11.1. The summed E-state index contributed by atoms with van der Waals surface area (Å²) in [6.45, 7) is 7.38. The van der Waals surface area contributed by atoms with Crippen molar-refractivity contribution in [1.29, 1.82) is 0 Å². The monoisotopic (exact) mass is 366 g/mol. The van der Waals surface area contributed by atoms with Crippen LogP contribution in [0.1, 0.15) is 6.92 Å². The van der Waals surface area contributed by atoms with E-state index in [1.807, 2.05) is 37.4 Å². The van der Waals surface area contributed by atoms with Gasteiger partial charge < -0.3 is 19.7 Å². The lowest BCUT2D eigenvalue weighted by Crippen LogP contribution is -2.46. The molecule has 0 spiro atoms. The first-order valence-electron chi connectivity index (χ1n) is 8.70. The molecule has 27 heavy (non-hydrogen) atoms. The molecule has 2 N–H and O–H groups in total. The van der Waals surface area contributed by atoms with E-state index >= 15 is 0 Å². The average Bonchev–Trinajstić information content (AvgIpc) is 3.16. The molecule has 0 saturated carbocycles. The van der Waals surface area contributed by atoms with E-state index in [4.69, 9.17) is 4.74 Å². The van der Waals surface area contributed by atoms with Gasteiger partial charge in [0.1, 0.15) is 5.75 Å². The quantitative estimate of drug-likeness (QED) is 0.681. The smallest absolute Gasteiger partial charge is 0.246 e. The number of carbonyl (C=O) groups is 1. The van der Waals surface area contributed by atoms with Gasteiger partial charge in [0, 0.05) is 23.7 Å². The number of aromatic hydroxyl groups is 1. The first kappa shape index (κ1) is 18.6. The number of hydrogen-bond donors (Lipinski definition) is 2. The van der Waals surface area contributed by atoms with Crippen LogP contribution >= 0.6 is 0 Å². The molecule has 2 aromatic heterocycles. The normalized spacial score (nSPS) is 16.5. The number of phenolic OH excluding ortho intramolecular Hbond substituents is 1. The lowest BCUT2D eigenvalue weighted by Gasteiger charge is -2.32. The Hall–Kier alpha value is -3.19. The van der Waals surface area contributed by atoms with Gasteiger partial charge in [-0.15, -0.1) is 10.2 Å². The van der Waals surface area contributed by atoms with Crippen molar-refractivity contribution in [2.45, 2.75) is 13.0 Å². The first-order chi connectivity index (χ1) is 13.1. The molecular formula is C20H22N4O3. The minimum absolute atomic E-state index is 0.000741. The summed E-state index contributed by atoms with van der Waals surface area (Å²) in [5.41, 5.74) is 2.11. The van der Waals surface area contributed by atoms with Crippen LogP contribution in [0.4, 0.5) is 0 Å². The summed E-state index contributed by atoms with van der Waals surface area (Å²) >= 11 is 0. The topological polar surface area (TPSA) is 91.3 Å². The second kappa shape index (κ2) is 8.46. The number of fused-ring (bicyclic) bond motifs is 1. The third-order valence-corrected chi connectivity index (χ3v) is 4.31. The van der Waals surface area contributed by atoms with E-state index in [1.165, 1.54) is 6.08 Å². The Morgan fingerprint density at radius 3 is 2.93 bits per heavy atom. The Morgan fingerprint density at radius 1 is 1.37 bits per heavy atom. The molecule has 0 radical (unpaired) electrons. The molecule has 0 bridgehead atoms. The van der Waals surface area contributed by atoms with Crippen LogP contribution in [-0.2, 0) is 9.53 Å². The van der Waals surface area contributed by atoms with E-state index in [-0.39, 0.29) is 17.7 Å². The number of nitrogens with one attached hydrogen (secondary N) is 1. The molecule has 1 saturated heterocycles. The summed E-state index contributed by atoms with van der Waals surface area (Å²) in [6.07, 6.45) is 3.16. The first-order valence-corrected chi connectivity index (χ1v) is 8.70. The minimum atomic E-state index is 0.000741. The molecule has 1 aliphatic heterocycles. The lowest BCUT2D eigenvalue weighted by atomic mass is 10.1. The molecular weight excluding hydrogens is 344 g/mol. The van der Waals surface area contributed by atoms with E-state index in [0.717, 1.165) is 11.0 Å². The van der Waals surface area contributed by atoms with Crippen molar-refractivity contribution in [2.75, 3.05) is 19.8 Å². The number of H-pyrrole nitrogens is 1. The zero-order valence-corrected chi connectivity index (χ0v) is 15.1. The van der Waals surface area contributed by atoms with Gasteiger partial charge in [-0.05, 0) is 37.3 Å². The number of nitrogens with zero attached hydrogens (tertiary/aromatic N) is 3. The van der Waals surface area contributed by atoms with Crippen molar-refractivity contribution in [3.8, 4) is 17.0 Å². The van der Waals surface area contributed by atoms with Gasteiger partial charge in [0.15, 0.2) is 5.65 Å². The van der Waals surface area contributed by atoms with E-state index in [0.29, 0.717) is 31.0 Å². The van der Waals surface area contributed by atoms with Crippen molar-refractivity contribution in [3.63, 3.8) is 0 Å². The number of rotatable bonds is 2. The molecule has 1 amide bonds. The number of amides is 1. The number of benzene rings is 1.